The summed E-state index contributed by atoms with van der Waals surface area (Å²) in [5.41, 5.74) is 1.60. The van der Waals surface area contributed by atoms with Crippen molar-refractivity contribution >= 4 is 5.71 Å². The lowest BCUT2D eigenvalue weighted by Gasteiger charge is -2.28. The van der Waals surface area contributed by atoms with Crippen molar-refractivity contribution in [3.05, 3.63) is 0 Å². The molecule has 7 saturated heterocycles. The van der Waals surface area contributed by atoms with Gasteiger partial charge < -0.3 is 37.2 Å². The monoisotopic (exact) mass is 582 g/mol. The van der Waals surface area contributed by atoms with Crippen LogP contribution in [0, 0.1) is 0 Å². The average Bonchev–Trinajstić information content (AvgIpc) is 3.81. The van der Waals surface area contributed by atoms with Crippen LogP contribution in [0.25, 0.3) is 0 Å². The Morgan fingerprint density at radius 1 is 0.381 bits per heavy atom. The van der Waals surface area contributed by atoms with Gasteiger partial charge in [0, 0.05) is 85.3 Å². The zero-order valence-electron chi connectivity index (χ0n) is 26.5. The molecular formula is C34H61N8+. The standard InChI is InChI=1S/C34H60N8/c1-19-3-5-21(35-19)23-7-9-25(37-23)27-11-13-29(39-27)31-15-17-33(41-31)34-18-16-32(42-34)30-14-12-28(40-30)26-10-8-24(38-26)22-6-4-20(2)36-22/h19-23,25-37,39-42H,3-18H2,1-2H3/p+1. The van der Waals surface area contributed by atoms with Crippen LogP contribution in [0.5, 0.6) is 0 Å². The Balaban J connectivity index is 0.776. The molecule has 15 unspecified atom stereocenters. The van der Waals surface area contributed by atoms with Gasteiger partial charge in [0.25, 0.3) is 0 Å². The maximum Gasteiger partial charge on any atom is 0.168 e. The summed E-state index contributed by atoms with van der Waals surface area (Å²) in [6, 6.07) is 9.89. The van der Waals surface area contributed by atoms with E-state index in [0.29, 0.717) is 90.6 Å². The summed E-state index contributed by atoms with van der Waals surface area (Å²) in [5, 5.41) is 28.2. The first-order valence-electron chi connectivity index (χ1n) is 18.5. The number of nitrogens with one attached hydrogen (secondary N) is 8. The Morgan fingerprint density at radius 2 is 0.738 bits per heavy atom. The molecule has 0 bridgehead atoms. The van der Waals surface area contributed by atoms with Gasteiger partial charge in [0.2, 0.25) is 0 Å². The summed E-state index contributed by atoms with van der Waals surface area (Å²) in [4.78, 5) is 3.98. The smallest absolute Gasteiger partial charge is 0.168 e. The van der Waals surface area contributed by atoms with E-state index in [1.807, 2.05) is 0 Å². The lowest BCUT2D eigenvalue weighted by Crippen LogP contribution is -2.82. The highest BCUT2D eigenvalue weighted by Gasteiger charge is 2.46. The topological polar surface area (TPSA) is 98.2 Å². The van der Waals surface area contributed by atoms with Gasteiger partial charge in [-0.05, 0) is 104 Å². The Labute approximate surface area is 254 Å². The number of rotatable bonds is 7. The van der Waals surface area contributed by atoms with Crippen molar-refractivity contribution in [2.45, 2.75) is 207 Å². The molecule has 0 radical (unpaired) electrons. The molecule has 8 heterocycles. The molecule has 0 spiro atoms. The molecule has 42 heavy (non-hydrogen) atoms. The Morgan fingerprint density at radius 3 is 1.14 bits per heavy atom. The molecule has 8 heteroatoms. The van der Waals surface area contributed by atoms with E-state index in [9.17, 15) is 0 Å². The molecule has 0 aliphatic carbocycles. The van der Waals surface area contributed by atoms with Crippen LogP contribution in [0.4, 0.5) is 0 Å². The van der Waals surface area contributed by atoms with E-state index in [4.69, 9.17) is 0 Å². The third kappa shape index (κ3) is 5.88. The van der Waals surface area contributed by atoms with Gasteiger partial charge in [0.1, 0.15) is 0 Å². The summed E-state index contributed by atoms with van der Waals surface area (Å²) in [6.07, 6.45) is 21.3. The van der Waals surface area contributed by atoms with Gasteiger partial charge in [-0.1, -0.05) is 0 Å². The molecule has 7 fully saturated rings. The van der Waals surface area contributed by atoms with Crippen molar-refractivity contribution < 1.29 is 4.99 Å². The van der Waals surface area contributed by atoms with E-state index in [0.717, 1.165) is 0 Å². The fraction of sp³-hybridized carbons (Fsp3) is 0.971. The number of hydrogen-bond acceptors (Lipinski definition) is 7. The van der Waals surface area contributed by atoms with Crippen molar-refractivity contribution in [1.29, 1.82) is 0 Å². The third-order valence-electron chi connectivity index (χ3n) is 13.3. The van der Waals surface area contributed by atoms with E-state index >= 15 is 0 Å². The van der Waals surface area contributed by atoms with Gasteiger partial charge in [-0.2, -0.15) is 0 Å². The highest BCUT2D eigenvalue weighted by Crippen LogP contribution is 2.32. The summed E-state index contributed by atoms with van der Waals surface area (Å²) >= 11 is 0. The zero-order valence-corrected chi connectivity index (χ0v) is 26.5. The zero-order chi connectivity index (χ0) is 28.2. The van der Waals surface area contributed by atoms with Crippen LogP contribution >= 0.6 is 0 Å². The predicted molar refractivity (Wildman–Crippen MR) is 170 cm³/mol. The van der Waals surface area contributed by atoms with Crippen molar-refractivity contribution in [3.8, 4) is 0 Å². The maximum atomic E-state index is 4.15. The van der Waals surface area contributed by atoms with Gasteiger partial charge in [-0.3, -0.25) is 0 Å². The molecule has 8 nitrogen and oxygen atoms in total. The fourth-order valence-electron chi connectivity index (χ4n) is 10.9. The molecule has 0 amide bonds. The largest absolute Gasteiger partial charge is 0.310 e. The predicted octanol–water partition coefficient (Wildman–Crippen LogP) is 0.554. The lowest BCUT2D eigenvalue weighted by atomic mass is 10.0. The summed E-state index contributed by atoms with van der Waals surface area (Å²) in [6.45, 7) is 4.68. The summed E-state index contributed by atoms with van der Waals surface area (Å²) in [5.74, 6) is 0. The second-order valence-electron chi connectivity index (χ2n) is 16.0. The van der Waals surface area contributed by atoms with E-state index in [2.05, 4.69) is 56.1 Å². The minimum atomic E-state index is 0.613. The Bertz CT molecular complexity index is 973. The molecular weight excluding hydrogens is 520 g/mol. The molecule has 0 aromatic rings. The average molecular weight is 582 g/mol. The van der Waals surface area contributed by atoms with Crippen LogP contribution in [0.1, 0.15) is 117 Å². The molecule has 8 aliphatic heterocycles. The molecule has 15 atom stereocenters. The van der Waals surface area contributed by atoms with Crippen LogP contribution in [-0.2, 0) is 0 Å². The molecule has 0 aromatic heterocycles. The SMILES string of the molecule is CC1CCC(C2=[NH+]C(C3CCC(C4CCC(C5CCC(C6CCC(C7CCC(C8CCC(C)N8)N7)N6)N5)N4)N3)CC2)N1. The first kappa shape index (κ1) is 28.8. The second-order valence-corrected chi connectivity index (χ2v) is 16.0. The molecule has 8 rings (SSSR count). The first-order valence-corrected chi connectivity index (χ1v) is 18.5. The molecule has 236 valence electrons. The summed E-state index contributed by atoms with van der Waals surface area (Å²) < 4.78 is 0. The van der Waals surface area contributed by atoms with Gasteiger partial charge in [-0.25, -0.2) is 4.99 Å². The molecule has 8 aliphatic rings. The highest BCUT2D eigenvalue weighted by molar-refractivity contribution is 5.85. The maximum absolute atomic E-state index is 4.15. The highest BCUT2D eigenvalue weighted by atomic mass is 15.2. The molecule has 8 N–H and O–H groups in total. The van der Waals surface area contributed by atoms with Gasteiger partial charge in [0.15, 0.2) is 11.8 Å². The normalized spacial score (nSPS) is 53.1. The lowest BCUT2D eigenvalue weighted by molar-refractivity contribution is -0.499. The Kier molecular flexibility index (Phi) is 8.44. The quantitative estimate of drug-likeness (QED) is 0.223. The number of hydrogen-bond donors (Lipinski definition) is 8. The van der Waals surface area contributed by atoms with E-state index in [1.54, 1.807) is 5.71 Å². The van der Waals surface area contributed by atoms with Crippen molar-refractivity contribution in [3.63, 3.8) is 0 Å². The van der Waals surface area contributed by atoms with Crippen LogP contribution in [0.15, 0.2) is 0 Å². The molecule has 0 saturated carbocycles. The van der Waals surface area contributed by atoms with Crippen molar-refractivity contribution in [2.75, 3.05) is 0 Å². The third-order valence-corrected chi connectivity index (χ3v) is 13.3. The second kappa shape index (κ2) is 12.3. The summed E-state index contributed by atoms with van der Waals surface area (Å²) in [7, 11) is 0. The van der Waals surface area contributed by atoms with Gasteiger partial charge in [0.05, 0.1) is 12.1 Å². The van der Waals surface area contributed by atoms with E-state index < -0.39 is 0 Å². The van der Waals surface area contributed by atoms with E-state index in [1.165, 1.54) is 103 Å². The van der Waals surface area contributed by atoms with E-state index in [-0.39, 0.29) is 0 Å². The Hall–Kier alpha value is -0.610. The first-order chi connectivity index (χ1) is 20.6. The van der Waals surface area contributed by atoms with Crippen LogP contribution < -0.4 is 42.2 Å². The van der Waals surface area contributed by atoms with Crippen LogP contribution in [0.3, 0.4) is 0 Å². The minimum Gasteiger partial charge on any atom is -0.310 e. The van der Waals surface area contributed by atoms with Crippen LogP contribution in [-0.4, -0.2) is 96.3 Å². The molecule has 0 aromatic carbocycles. The fourth-order valence-corrected chi connectivity index (χ4v) is 10.9. The van der Waals surface area contributed by atoms with Crippen LogP contribution in [0.2, 0.25) is 0 Å². The van der Waals surface area contributed by atoms with Gasteiger partial charge >= 0.3 is 0 Å². The van der Waals surface area contributed by atoms with Crippen molar-refractivity contribution in [1.82, 2.24) is 37.2 Å². The minimum absolute atomic E-state index is 0.613. The van der Waals surface area contributed by atoms with Crippen molar-refractivity contribution in [2.24, 2.45) is 0 Å². The van der Waals surface area contributed by atoms with Gasteiger partial charge in [-0.15, -0.1) is 0 Å².